The highest BCUT2D eigenvalue weighted by Crippen LogP contribution is 2.46. The van der Waals surface area contributed by atoms with E-state index in [1.807, 2.05) is 27.7 Å². The van der Waals surface area contributed by atoms with Gasteiger partial charge in [-0.2, -0.15) is 0 Å². The Bertz CT molecular complexity index is 385. The molecule has 102 valence electrons. The van der Waals surface area contributed by atoms with E-state index in [0.29, 0.717) is 6.61 Å². The van der Waals surface area contributed by atoms with Crippen molar-refractivity contribution in [2.24, 2.45) is 11.8 Å². The van der Waals surface area contributed by atoms with Crippen LogP contribution in [0.1, 0.15) is 34.1 Å². The van der Waals surface area contributed by atoms with Crippen LogP contribution in [0.5, 0.6) is 0 Å². The van der Waals surface area contributed by atoms with E-state index in [-0.39, 0.29) is 17.8 Å². The minimum atomic E-state index is -0.577. The molecule has 0 amide bonds. The number of hydrogen-bond donors (Lipinski definition) is 0. The largest absolute Gasteiger partial charge is 0.469 e. The molecule has 0 radical (unpaired) electrons. The van der Waals surface area contributed by atoms with E-state index in [4.69, 9.17) is 14.2 Å². The molecule has 1 fully saturated rings. The highest BCUT2D eigenvalue weighted by atomic mass is 16.8. The molecule has 1 heterocycles. The second kappa shape index (κ2) is 4.35. The van der Waals surface area contributed by atoms with Gasteiger partial charge in [0.25, 0.3) is 0 Å². The van der Waals surface area contributed by atoms with Crippen LogP contribution < -0.4 is 0 Å². The molecule has 0 saturated carbocycles. The molecule has 0 N–H and O–H groups in total. The molecule has 1 aliphatic heterocycles. The molecule has 4 nitrogen and oxygen atoms in total. The Kier molecular flexibility index (Phi) is 3.28. The van der Waals surface area contributed by atoms with Crippen LogP contribution in [0.2, 0.25) is 0 Å². The maximum atomic E-state index is 11.9. The molecule has 0 spiro atoms. The summed E-state index contributed by atoms with van der Waals surface area (Å²) < 4.78 is 16.6. The Morgan fingerprint density at radius 3 is 2.61 bits per heavy atom. The Balaban J connectivity index is 2.21. The molecule has 0 aromatic heterocycles. The van der Waals surface area contributed by atoms with Gasteiger partial charge in [-0.1, -0.05) is 11.6 Å². The molecule has 0 aromatic rings. The number of carbonyl (C=O) groups excluding carboxylic acids is 1. The fourth-order valence-corrected chi connectivity index (χ4v) is 3.09. The minimum absolute atomic E-state index is 0.0896. The summed E-state index contributed by atoms with van der Waals surface area (Å²) in [5.41, 5.74) is 0.637. The Hall–Kier alpha value is -0.870. The molecular formula is C14H22O4. The predicted molar refractivity (Wildman–Crippen MR) is 66.9 cm³/mol. The minimum Gasteiger partial charge on any atom is -0.469 e. The van der Waals surface area contributed by atoms with Crippen molar-refractivity contribution in [2.75, 3.05) is 13.7 Å². The second-order valence-corrected chi connectivity index (χ2v) is 5.89. The van der Waals surface area contributed by atoms with Crippen LogP contribution in [0, 0.1) is 11.8 Å². The molecule has 3 atom stereocenters. The molecule has 0 bridgehead atoms. The first-order chi connectivity index (χ1) is 8.29. The Morgan fingerprint density at radius 2 is 2.11 bits per heavy atom. The van der Waals surface area contributed by atoms with Crippen LogP contribution in [0.25, 0.3) is 0 Å². The first-order valence-electron chi connectivity index (χ1n) is 6.38. The number of esters is 1. The van der Waals surface area contributed by atoms with Crippen LogP contribution >= 0.6 is 0 Å². The van der Waals surface area contributed by atoms with Crippen LogP contribution in [-0.2, 0) is 19.0 Å². The van der Waals surface area contributed by atoms with Crippen LogP contribution in [-0.4, -0.2) is 31.1 Å². The van der Waals surface area contributed by atoms with Crippen LogP contribution in [0.15, 0.2) is 11.6 Å². The van der Waals surface area contributed by atoms with Crippen LogP contribution in [0.4, 0.5) is 0 Å². The standard InChI is InChI=1S/C14H22O4/c1-9-6-7-10(11(9)12(15)16-5)14(4)8-17-13(2,3)18-14/h6,10-11H,7-8H2,1-5H3/t10-,11-,14?/m0/s1. The van der Waals surface area contributed by atoms with E-state index in [2.05, 4.69) is 6.08 Å². The number of hydrogen-bond acceptors (Lipinski definition) is 4. The molecule has 1 unspecified atom stereocenters. The van der Waals surface area contributed by atoms with E-state index in [0.717, 1.165) is 12.0 Å². The smallest absolute Gasteiger partial charge is 0.313 e. The van der Waals surface area contributed by atoms with Gasteiger partial charge in [0.1, 0.15) is 0 Å². The fourth-order valence-electron chi connectivity index (χ4n) is 3.09. The number of rotatable bonds is 2. The van der Waals surface area contributed by atoms with E-state index in [9.17, 15) is 4.79 Å². The third-order valence-corrected chi connectivity index (χ3v) is 4.01. The van der Waals surface area contributed by atoms with Gasteiger partial charge in [0, 0.05) is 5.92 Å². The summed E-state index contributed by atoms with van der Waals surface area (Å²) in [6, 6.07) is 0. The molecule has 2 rings (SSSR count). The van der Waals surface area contributed by atoms with Gasteiger partial charge in [0.2, 0.25) is 0 Å². The van der Waals surface area contributed by atoms with Crippen molar-refractivity contribution in [2.45, 2.75) is 45.5 Å². The molecule has 18 heavy (non-hydrogen) atoms. The zero-order valence-electron chi connectivity index (χ0n) is 11.8. The average molecular weight is 254 g/mol. The van der Waals surface area contributed by atoms with E-state index in [1.165, 1.54) is 7.11 Å². The lowest BCUT2D eigenvalue weighted by atomic mass is 9.79. The van der Waals surface area contributed by atoms with Crippen molar-refractivity contribution >= 4 is 5.97 Å². The molecule has 2 aliphatic rings. The van der Waals surface area contributed by atoms with Gasteiger partial charge < -0.3 is 14.2 Å². The van der Waals surface area contributed by atoms with Gasteiger partial charge >= 0.3 is 5.97 Å². The Morgan fingerprint density at radius 1 is 1.44 bits per heavy atom. The SMILES string of the molecule is COC(=O)[C@H]1C(C)=CC[C@@H]1C1(C)COC(C)(C)O1. The lowest BCUT2D eigenvalue weighted by Gasteiger charge is -2.34. The summed E-state index contributed by atoms with van der Waals surface area (Å²) in [6.07, 6.45) is 2.94. The molecule has 1 aliphatic carbocycles. The number of ether oxygens (including phenoxy) is 3. The van der Waals surface area contributed by atoms with E-state index in [1.54, 1.807) is 0 Å². The summed E-state index contributed by atoms with van der Waals surface area (Å²) in [6.45, 7) is 8.32. The van der Waals surface area contributed by atoms with E-state index >= 15 is 0 Å². The van der Waals surface area contributed by atoms with E-state index < -0.39 is 11.4 Å². The second-order valence-electron chi connectivity index (χ2n) is 5.89. The van der Waals surface area contributed by atoms with Gasteiger partial charge in [-0.15, -0.1) is 0 Å². The third-order valence-electron chi connectivity index (χ3n) is 4.01. The van der Waals surface area contributed by atoms with Crippen LogP contribution in [0.3, 0.4) is 0 Å². The van der Waals surface area contributed by atoms with Gasteiger partial charge in [-0.25, -0.2) is 0 Å². The van der Waals surface area contributed by atoms with Crippen molar-refractivity contribution < 1.29 is 19.0 Å². The maximum absolute atomic E-state index is 11.9. The zero-order chi connectivity index (χ0) is 13.6. The summed E-state index contributed by atoms with van der Waals surface area (Å²) in [4.78, 5) is 11.9. The average Bonchev–Trinajstić information content (AvgIpc) is 2.79. The Labute approximate surface area is 108 Å². The van der Waals surface area contributed by atoms with Gasteiger partial charge in [-0.3, -0.25) is 4.79 Å². The summed E-state index contributed by atoms with van der Waals surface area (Å²) in [7, 11) is 1.43. The zero-order valence-corrected chi connectivity index (χ0v) is 11.8. The maximum Gasteiger partial charge on any atom is 0.313 e. The number of methoxy groups -OCH3 is 1. The van der Waals surface area contributed by atoms with Gasteiger partial charge in [-0.05, 0) is 34.1 Å². The highest BCUT2D eigenvalue weighted by Gasteiger charge is 2.52. The predicted octanol–water partition coefficient (Wildman–Crippen LogP) is 2.28. The molecule has 0 aromatic carbocycles. The van der Waals surface area contributed by atoms with Crippen molar-refractivity contribution in [3.63, 3.8) is 0 Å². The number of carbonyl (C=O) groups is 1. The van der Waals surface area contributed by atoms with Crippen molar-refractivity contribution in [3.05, 3.63) is 11.6 Å². The first-order valence-corrected chi connectivity index (χ1v) is 6.38. The number of allylic oxidation sites excluding steroid dienone is 1. The lowest BCUT2D eigenvalue weighted by Crippen LogP contribution is -2.43. The fraction of sp³-hybridized carbons (Fsp3) is 0.786. The first kappa shape index (κ1) is 13.6. The summed E-state index contributed by atoms with van der Waals surface area (Å²) >= 11 is 0. The molecule has 1 saturated heterocycles. The third kappa shape index (κ3) is 2.19. The van der Waals surface area contributed by atoms with Crippen molar-refractivity contribution in [1.82, 2.24) is 0 Å². The highest BCUT2D eigenvalue weighted by molar-refractivity contribution is 5.77. The summed E-state index contributed by atoms with van der Waals surface area (Å²) in [5, 5.41) is 0. The molecular weight excluding hydrogens is 232 g/mol. The van der Waals surface area contributed by atoms with Crippen molar-refractivity contribution in [3.8, 4) is 0 Å². The van der Waals surface area contributed by atoms with Gasteiger partial charge in [0.15, 0.2) is 5.79 Å². The van der Waals surface area contributed by atoms with Crippen molar-refractivity contribution in [1.29, 1.82) is 0 Å². The monoisotopic (exact) mass is 254 g/mol. The lowest BCUT2D eigenvalue weighted by molar-refractivity contribution is -0.176. The topological polar surface area (TPSA) is 44.8 Å². The quantitative estimate of drug-likeness (QED) is 0.560. The summed E-state index contributed by atoms with van der Waals surface area (Å²) in [5.74, 6) is -0.878. The van der Waals surface area contributed by atoms with Gasteiger partial charge in [0.05, 0.1) is 25.2 Å². The normalized spacial score (nSPS) is 38.6. The molecule has 4 heteroatoms.